The molecule has 0 unspecified atom stereocenters. The van der Waals surface area contributed by atoms with E-state index in [0.717, 1.165) is 63.5 Å². The molecule has 0 amide bonds. The number of benzene rings is 1. The van der Waals surface area contributed by atoms with Gasteiger partial charge in [-0.3, -0.25) is 0 Å². The molecule has 1 fully saturated rings. The topological polar surface area (TPSA) is 61.6 Å². The molecular formula is C19H26N4O3. The number of fused-ring (bicyclic) bond motifs is 2. The van der Waals surface area contributed by atoms with Gasteiger partial charge >= 0.3 is 0 Å². The molecule has 0 bridgehead atoms. The number of ether oxygens (including phenoxy) is 3. The molecule has 3 heterocycles. The Bertz CT molecular complexity index is 739. The van der Waals surface area contributed by atoms with Gasteiger partial charge in [-0.2, -0.15) is 0 Å². The third-order valence-electron chi connectivity index (χ3n) is 5.65. The zero-order valence-electron chi connectivity index (χ0n) is 15.5. The molecule has 2 aliphatic heterocycles. The number of methoxy groups -OCH3 is 2. The molecule has 7 heteroatoms. The van der Waals surface area contributed by atoms with Gasteiger partial charge in [0.25, 0.3) is 0 Å². The molecule has 4 rings (SSSR count). The monoisotopic (exact) mass is 358 g/mol. The van der Waals surface area contributed by atoms with Gasteiger partial charge in [-0.15, -0.1) is 10.2 Å². The van der Waals surface area contributed by atoms with Crippen LogP contribution in [0.4, 0.5) is 0 Å². The first-order valence-electron chi connectivity index (χ1n) is 9.18. The van der Waals surface area contributed by atoms with Gasteiger partial charge in [-0.25, -0.2) is 0 Å². The third-order valence-corrected chi connectivity index (χ3v) is 5.65. The number of piperidine rings is 1. The summed E-state index contributed by atoms with van der Waals surface area (Å²) in [7, 11) is 3.38. The molecule has 0 aliphatic carbocycles. The smallest absolute Gasteiger partial charge is 0.161 e. The fraction of sp³-hybridized carbons (Fsp3) is 0.579. The first-order valence-corrected chi connectivity index (χ1v) is 9.18. The fourth-order valence-electron chi connectivity index (χ4n) is 4.13. The van der Waals surface area contributed by atoms with Crippen LogP contribution in [-0.4, -0.2) is 60.1 Å². The van der Waals surface area contributed by atoms with Crippen LogP contribution in [0, 0.1) is 0 Å². The molecule has 0 radical (unpaired) electrons. The van der Waals surface area contributed by atoms with Crippen molar-refractivity contribution in [2.75, 3.05) is 40.5 Å². The second kappa shape index (κ2) is 7.25. The van der Waals surface area contributed by atoms with E-state index in [0.29, 0.717) is 0 Å². The van der Waals surface area contributed by atoms with E-state index < -0.39 is 0 Å². The van der Waals surface area contributed by atoms with E-state index in [1.54, 1.807) is 26.9 Å². The average Bonchev–Trinajstić information content (AvgIpc) is 3.20. The van der Waals surface area contributed by atoms with Crippen LogP contribution >= 0.6 is 0 Å². The molecule has 0 atom stereocenters. The predicted molar refractivity (Wildman–Crippen MR) is 96.6 cm³/mol. The number of rotatable bonds is 5. The quantitative estimate of drug-likeness (QED) is 0.813. The van der Waals surface area contributed by atoms with Crippen LogP contribution in [0.15, 0.2) is 24.8 Å². The summed E-state index contributed by atoms with van der Waals surface area (Å²) in [6.07, 6.45) is 6.46. The summed E-state index contributed by atoms with van der Waals surface area (Å²) >= 11 is 0. The lowest BCUT2D eigenvalue weighted by atomic mass is 9.79. The highest BCUT2D eigenvalue weighted by atomic mass is 16.5. The maximum atomic E-state index is 6.36. The summed E-state index contributed by atoms with van der Waals surface area (Å²) in [5, 5.41) is 7.72. The number of hydrogen-bond donors (Lipinski definition) is 0. The Hall–Kier alpha value is -2.12. The van der Waals surface area contributed by atoms with Crippen molar-refractivity contribution in [3.8, 4) is 11.5 Å². The molecule has 1 aromatic carbocycles. The van der Waals surface area contributed by atoms with Crippen LogP contribution in [-0.2, 0) is 23.3 Å². The zero-order valence-corrected chi connectivity index (χ0v) is 15.5. The highest BCUT2D eigenvalue weighted by Crippen LogP contribution is 2.45. The Morgan fingerprint density at radius 3 is 2.42 bits per heavy atom. The molecular weight excluding hydrogens is 332 g/mol. The zero-order chi connectivity index (χ0) is 18.0. The van der Waals surface area contributed by atoms with E-state index in [9.17, 15) is 0 Å². The first kappa shape index (κ1) is 17.3. The third kappa shape index (κ3) is 3.17. The van der Waals surface area contributed by atoms with Crippen molar-refractivity contribution in [3.05, 3.63) is 35.9 Å². The van der Waals surface area contributed by atoms with Gasteiger partial charge in [0.15, 0.2) is 11.5 Å². The van der Waals surface area contributed by atoms with E-state index in [2.05, 4.69) is 27.2 Å². The largest absolute Gasteiger partial charge is 0.493 e. The molecule has 1 spiro atoms. The normalized spacial score (nSPS) is 19.3. The number of aromatic nitrogens is 3. The summed E-state index contributed by atoms with van der Waals surface area (Å²) in [6, 6.07) is 4.25. The molecule has 2 aromatic rings. The Kier molecular flexibility index (Phi) is 4.82. The van der Waals surface area contributed by atoms with Crippen molar-refractivity contribution < 1.29 is 14.2 Å². The molecule has 1 saturated heterocycles. The lowest BCUT2D eigenvalue weighted by Crippen LogP contribution is -2.47. The van der Waals surface area contributed by atoms with Crippen LogP contribution < -0.4 is 9.47 Å². The summed E-state index contributed by atoms with van der Waals surface area (Å²) in [5.74, 6) is 1.58. The molecule has 7 nitrogen and oxygen atoms in total. The number of likely N-dealkylation sites (tertiary alicyclic amines) is 1. The van der Waals surface area contributed by atoms with E-state index in [1.807, 2.05) is 4.57 Å². The summed E-state index contributed by atoms with van der Waals surface area (Å²) in [5.41, 5.74) is 2.41. The molecule has 0 saturated carbocycles. The lowest BCUT2D eigenvalue weighted by molar-refractivity contribution is -0.0982. The van der Waals surface area contributed by atoms with Gasteiger partial charge in [0, 0.05) is 26.2 Å². The van der Waals surface area contributed by atoms with Crippen LogP contribution in [0.1, 0.15) is 24.0 Å². The summed E-state index contributed by atoms with van der Waals surface area (Å²) in [4.78, 5) is 2.49. The van der Waals surface area contributed by atoms with Crippen molar-refractivity contribution in [2.24, 2.45) is 0 Å². The fourth-order valence-corrected chi connectivity index (χ4v) is 4.13. The Morgan fingerprint density at radius 2 is 1.73 bits per heavy atom. The van der Waals surface area contributed by atoms with Gasteiger partial charge in [0.1, 0.15) is 12.7 Å². The van der Waals surface area contributed by atoms with E-state index in [1.165, 1.54) is 11.1 Å². The van der Waals surface area contributed by atoms with Gasteiger partial charge in [0.05, 0.1) is 26.4 Å². The Morgan fingerprint density at radius 1 is 1.04 bits per heavy atom. The van der Waals surface area contributed by atoms with Crippen LogP contribution in [0.5, 0.6) is 11.5 Å². The standard InChI is InChI=1S/C19H26N4O3/c1-24-17-11-15-3-10-26-19(16(15)12-18(17)25-2)4-6-22(7-5-19)8-9-23-13-20-21-14-23/h11-14H,3-10H2,1-2H3. The number of nitrogens with zero attached hydrogens (tertiary/aromatic N) is 4. The maximum absolute atomic E-state index is 6.36. The van der Waals surface area contributed by atoms with Crippen molar-refractivity contribution in [3.63, 3.8) is 0 Å². The highest BCUT2D eigenvalue weighted by Gasteiger charge is 2.41. The SMILES string of the molecule is COc1cc2c(cc1OC)C1(CCN(CCn3cnnc3)CC1)OCC2. The van der Waals surface area contributed by atoms with Crippen LogP contribution in [0.2, 0.25) is 0 Å². The van der Waals surface area contributed by atoms with Gasteiger partial charge in [-0.05, 0) is 42.5 Å². The lowest BCUT2D eigenvalue weighted by Gasteiger charge is -2.45. The van der Waals surface area contributed by atoms with Crippen molar-refractivity contribution >= 4 is 0 Å². The number of hydrogen-bond acceptors (Lipinski definition) is 6. The minimum absolute atomic E-state index is 0.194. The van der Waals surface area contributed by atoms with E-state index in [4.69, 9.17) is 14.2 Å². The van der Waals surface area contributed by atoms with E-state index in [-0.39, 0.29) is 5.60 Å². The van der Waals surface area contributed by atoms with Crippen molar-refractivity contribution in [1.29, 1.82) is 0 Å². The molecule has 140 valence electrons. The van der Waals surface area contributed by atoms with Crippen molar-refractivity contribution in [1.82, 2.24) is 19.7 Å². The van der Waals surface area contributed by atoms with Crippen LogP contribution in [0.25, 0.3) is 0 Å². The Labute approximate surface area is 153 Å². The van der Waals surface area contributed by atoms with Gasteiger partial charge < -0.3 is 23.7 Å². The second-order valence-corrected chi connectivity index (χ2v) is 7.00. The summed E-state index contributed by atoms with van der Waals surface area (Å²) < 4.78 is 19.4. The molecule has 0 N–H and O–H groups in total. The summed E-state index contributed by atoms with van der Waals surface area (Å²) in [6.45, 7) is 4.74. The molecule has 1 aromatic heterocycles. The van der Waals surface area contributed by atoms with E-state index >= 15 is 0 Å². The molecule has 2 aliphatic rings. The minimum Gasteiger partial charge on any atom is -0.493 e. The molecule has 26 heavy (non-hydrogen) atoms. The highest BCUT2D eigenvalue weighted by molar-refractivity contribution is 5.50. The average molecular weight is 358 g/mol. The predicted octanol–water partition coefficient (Wildman–Crippen LogP) is 1.86. The van der Waals surface area contributed by atoms with Crippen molar-refractivity contribution in [2.45, 2.75) is 31.4 Å². The Balaban J connectivity index is 1.49. The second-order valence-electron chi connectivity index (χ2n) is 7.00. The maximum Gasteiger partial charge on any atom is 0.161 e. The van der Waals surface area contributed by atoms with Gasteiger partial charge in [-0.1, -0.05) is 0 Å². The minimum atomic E-state index is -0.194. The first-order chi connectivity index (χ1) is 12.7. The van der Waals surface area contributed by atoms with Crippen LogP contribution in [0.3, 0.4) is 0 Å². The van der Waals surface area contributed by atoms with Gasteiger partial charge in [0.2, 0.25) is 0 Å².